The summed E-state index contributed by atoms with van der Waals surface area (Å²) in [4.78, 5) is 10.6. The maximum atomic E-state index is 10.6. The van der Waals surface area contributed by atoms with Crippen LogP contribution in [-0.4, -0.2) is 18.5 Å². The average molecular weight is 212 g/mol. The van der Waals surface area contributed by atoms with Gasteiger partial charge in [0.05, 0.1) is 0 Å². The summed E-state index contributed by atoms with van der Waals surface area (Å²) in [5.41, 5.74) is 5.10. The van der Waals surface area contributed by atoms with Crippen molar-refractivity contribution in [2.24, 2.45) is 11.7 Å². The first-order valence-corrected chi connectivity index (χ1v) is 6.24. The molecule has 0 bridgehead atoms. The molecule has 0 aromatic heterocycles. The molecule has 0 aromatic carbocycles. The molecule has 1 aliphatic rings. The third kappa shape index (κ3) is 5.17. The van der Waals surface area contributed by atoms with Gasteiger partial charge in [0.2, 0.25) is 5.91 Å². The minimum absolute atomic E-state index is 0.206. The zero-order valence-corrected chi connectivity index (χ0v) is 9.80. The summed E-state index contributed by atoms with van der Waals surface area (Å²) in [6.45, 7) is 3.03. The highest BCUT2D eigenvalue weighted by atomic mass is 16.1. The summed E-state index contributed by atoms with van der Waals surface area (Å²) in [6.07, 6.45) is 8.34. The molecule has 0 radical (unpaired) electrons. The fraction of sp³-hybridized carbons (Fsp3) is 0.917. The molecule has 2 unspecified atom stereocenters. The Morgan fingerprint density at radius 1 is 1.33 bits per heavy atom. The molecular formula is C12H24N2O. The number of carbonyl (C=O) groups excluding carboxylic acids is 1. The maximum absolute atomic E-state index is 10.6. The van der Waals surface area contributed by atoms with Crippen LogP contribution in [0.1, 0.15) is 51.9 Å². The summed E-state index contributed by atoms with van der Waals surface area (Å²) < 4.78 is 0. The van der Waals surface area contributed by atoms with Gasteiger partial charge in [0.25, 0.3) is 0 Å². The summed E-state index contributed by atoms with van der Waals surface area (Å²) in [5.74, 6) is 0.718. The van der Waals surface area contributed by atoms with Gasteiger partial charge in [-0.05, 0) is 25.2 Å². The lowest BCUT2D eigenvalue weighted by atomic mass is 9.98. The van der Waals surface area contributed by atoms with E-state index in [-0.39, 0.29) is 5.91 Å². The van der Waals surface area contributed by atoms with Crippen molar-refractivity contribution < 1.29 is 4.79 Å². The van der Waals surface area contributed by atoms with Gasteiger partial charge >= 0.3 is 0 Å². The zero-order valence-electron chi connectivity index (χ0n) is 9.80. The minimum Gasteiger partial charge on any atom is -0.370 e. The first-order valence-electron chi connectivity index (χ1n) is 6.24. The van der Waals surface area contributed by atoms with Gasteiger partial charge in [-0.15, -0.1) is 0 Å². The second-order valence-electron chi connectivity index (χ2n) is 4.65. The number of nitrogens with one attached hydrogen (secondary N) is 1. The fourth-order valence-corrected chi connectivity index (χ4v) is 2.39. The van der Waals surface area contributed by atoms with Crippen molar-refractivity contribution in [1.82, 2.24) is 5.32 Å². The molecule has 0 saturated heterocycles. The number of primary amides is 1. The third-order valence-electron chi connectivity index (χ3n) is 3.47. The van der Waals surface area contributed by atoms with E-state index in [0.717, 1.165) is 12.5 Å². The number of rotatable bonds is 5. The summed E-state index contributed by atoms with van der Waals surface area (Å²) >= 11 is 0. The Hall–Kier alpha value is -0.570. The first kappa shape index (κ1) is 12.5. The molecule has 0 aromatic rings. The minimum atomic E-state index is -0.206. The molecule has 1 amide bonds. The van der Waals surface area contributed by atoms with E-state index in [9.17, 15) is 4.79 Å². The highest BCUT2D eigenvalue weighted by Crippen LogP contribution is 2.25. The molecule has 2 atom stereocenters. The monoisotopic (exact) mass is 212 g/mol. The molecule has 0 heterocycles. The molecule has 1 rings (SSSR count). The standard InChI is InChI=1S/C12H24N2O/c1-2-10-4-3-5-11(7-6-10)14-9-8-12(13)15/h10-11,14H,2-9H2,1H3,(H2,13,15). The van der Waals surface area contributed by atoms with E-state index in [4.69, 9.17) is 5.73 Å². The van der Waals surface area contributed by atoms with Crippen LogP contribution in [0, 0.1) is 5.92 Å². The maximum Gasteiger partial charge on any atom is 0.218 e. The smallest absolute Gasteiger partial charge is 0.218 e. The largest absolute Gasteiger partial charge is 0.370 e. The molecule has 0 aliphatic heterocycles. The van der Waals surface area contributed by atoms with Crippen LogP contribution >= 0.6 is 0 Å². The van der Waals surface area contributed by atoms with Crippen molar-refractivity contribution in [2.75, 3.05) is 6.54 Å². The predicted octanol–water partition coefficient (Wildman–Crippen LogP) is 1.81. The lowest BCUT2D eigenvalue weighted by molar-refractivity contribution is -0.117. The van der Waals surface area contributed by atoms with E-state index in [1.165, 1.54) is 38.5 Å². The van der Waals surface area contributed by atoms with Gasteiger partial charge < -0.3 is 11.1 Å². The van der Waals surface area contributed by atoms with Gasteiger partial charge in [-0.3, -0.25) is 4.79 Å². The van der Waals surface area contributed by atoms with Gasteiger partial charge in [0.1, 0.15) is 0 Å². The van der Waals surface area contributed by atoms with E-state index in [1.807, 2.05) is 0 Å². The fourth-order valence-electron chi connectivity index (χ4n) is 2.39. The Labute approximate surface area is 92.8 Å². The molecule has 88 valence electrons. The Bertz CT molecular complexity index is 194. The van der Waals surface area contributed by atoms with E-state index in [1.54, 1.807) is 0 Å². The number of hydrogen-bond donors (Lipinski definition) is 2. The quantitative estimate of drug-likeness (QED) is 0.683. The summed E-state index contributed by atoms with van der Waals surface area (Å²) in [7, 11) is 0. The van der Waals surface area contributed by atoms with Crippen molar-refractivity contribution in [3.63, 3.8) is 0 Å². The predicted molar refractivity (Wildman–Crippen MR) is 62.5 cm³/mol. The Kier molecular flexibility index (Phi) is 5.69. The van der Waals surface area contributed by atoms with Crippen molar-refractivity contribution in [3.8, 4) is 0 Å². The van der Waals surface area contributed by atoms with Crippen LogP contribution < -0.4 is 11.1 Å². The van der Waals surface area contributed by atoms with E-state index >= 15 is 0 Å². The number of carbonyl (C=O) groups is 1. The van der Waals surface area contributed by atoms with Gasteiger partial charge in [-0.2, -0.15) is 0 Å². The van der Waals surface area contributed by atoms with Gasteiger partial charge in [0.15, 0.2) is 0 Å². The highest BCUT2D eigenvalue weighted by molar-refractivity contribution is 5.73. The number of hydrogen-bond acceptors (Lipinski definition) is 2. The van der Waals surface area contributed by atoms with Crippen molar-refractivity contribution >= 4 is 5.91 Å². The molecule has 15 heavy (non-hydrogen) atoms. The van der Waals surface area contributed by atoms with Gasteiger partial charge in [0, 0.05) is 19.0 Å². The third-order valence-corrected chi connectivity index (χ3v) is 3.47. The highest BCUT2D eigenvalue weighted by Gasteiger charge is 2.16. The topological polar surface area (TPSA) is 55.1 Å². The summed E-state index contributed by atoms with van der Waals surface area (Å²) in [6, 6.07) is 0.612. The van der Waals surface area contributed by atoms with E-state index in [2.05, 4.69) is 12.2 Å². The van der Waals surface area contributed by atoms with Crippen LogP contribution in [0.4, 0.5) is 0 Å². The normalized spacial score (nSPS) is 27.3. The lowest BCUT2D eigenvalue weighted by Gasteiger charge is -2.15. The molecule has 1 fully saturated rings. The Balaban J connectivity index is 2.16. The molecule has 1 aliphatic carbocycles. The van der Waals surface area contributed by atoms with Crippen molar-refractivity contribution in [2.45, 2.75) is 57.9 Å². The van der Waals surface area contributed by atoms with E-state index in [0.29, 0.717) is 12.5 Å². The van der Waals surface area contributed by atoms with Crippen molar-refractivity contribution in [3.05, 3.63) is 0 Å². The van der Waals surface area contributed by atoms with Crippen LogP contribution in [-0.2, 0) is 4.79 Å². The van der Waals surface area contributed by atoms with Crippen LogP contribution in [0.2, 0.25) is 0 Å². The SMILES string of the molecule is CCC1CCCC(NCCC(N)=O)CC1. The molecule has 3 N–H and O–H groups in total. The Morgan fingerprint density at radius 3 is 2.80 bits per heavy atom. The molecular weight excluding hydrogens is 188 g/mol. The van der Waals surface area contributed by atoms with E-state index < -0.39 is 0 Å². The van der Waals surface area contributed by atoms with Crippen molar-refractivity contribution in [1.29, 1.82) is 0 Å². The van der Waals surface area contributed by atoms with Gasteiger partial charge in [-0.25, -0.2) is 0 Å². The Morgan fingerprint density at radius 2 is 2.13 bits per heavy atom. The molecule has 1 saturated carbocycles. The second kappa shape index (κ2) is 6.83. The van der Waals surface area contributed by atoms with Crippen LogP contribution in [0.5, 0.6) is 0 Å². The second-order valence-corrected chi connectivity index (χ2v) is 4.65. The van der Waals surface area contributed by atoms with Crippen LogP contribution in [0.3, 0.4) is 0 Å². The van der Waals surface area contributed by atoms with Gasteiger partial charge in [-0.1, -0.05) is 26.2 Å². The number of amides is 1. The molecule has 0 spiro atoms. The number of nitrogens with two attached hydrogens (primary N) is 1. The lowest BCUT2D eigenvalue weighted by Crippen LogP contribution is -2.31. The zero-order chi connectivity index (χ0) is 11.1. The molecule has 3 nitrogen and oxygen atoms in total. The van der Waals surface area contributed by atoms with Crippen LogP contribution in [0.25, 0.3) is 0 Å². The summed E-state index contributed by atoms with van der Waals surface area (Å²) in [5, 5.41) is 3.44. The van der Waals surface area contributed by atoms with Crippen LogP contribution in [0.15, 0.2) is 0 Å². The average Bonchev–Trinajstić information content (AvgIpc) is 2.42. The first-order chi connectivity index (χ1) is 7.22. The molecule has 3 heteroatoms.